The molecule has 0 heterocycles. The van der Waals surface area contributed by atoms with E-state index >= 15 is 0 Å². The number of hydrogen-bond acceptors (Lipinski definition) is 4. The third-order valence-electron chi connectivity index (χ3n) is 4.32. The van der Waals surface area contributed by atoms with Crippen LogP contribution in [0.4, 0.5) is 0 Å². The number of carbonyl (C=O) groups is 1. The molecule has 0 radical (unpaired) electrons. The van der Waals surface area contributed by atoms with Crippen molar-refractivity contribution in [3.63, 3.8) is 0 Å². The lowest BCUT2D eigenvalue weighted by Crippen LogP contribution is -2.42. The number of rotatable bonds is 8. The summed E-state index contributed by atoms with van der Waals surface area (Å²) in [6.07, 6.45) is 4.30. The topological polar surface area (TPSA) is 75.7 Å². The van der Waals surface area contributed by atoms with Gasteiger partial charge in [-0.25, -0.2) is 13.1 Å². The second kappa shape index (κ2) is 8.67. The fourth-order valence-electron chi connectivity index (χ4n) is 3.17. The Morgan fingerprint density at radius 1 is 1.24 bits per heavy atom. The predicted octanol–water partition coefficient (Wildman–Crippen LogP) is 2.54. The molecule has 0 saturated heterocycles. The Morgan fingerprint density at radius 2 is 1.84 bits per heavy atom. The van der Waals surface area contributed by atoms with E-state index in [0.717, 1.165) is 25.7 Å². The Labute approximate surface area is 150 Å². The average Bonchev–Trinajstić information content (AvgIpc) is 3.05. The lowest BCUT2D eigenvalue weighted by molar-refractivity contribution is -0.130. The van der Waals surface area contributed by atoms with Crippen molar-refractivity contribution in [3.05, 3.63) is 24.3 Å². The lowest BCUT2D eigenvalue weighted by Gasteiger charge is -2.27. The average molecular weight is 368 g/mol. The Morgan fingerprint density at radius 3 is 2.36 bits per heavy atom. The molecule has 1 aliphatic rings. The van der Waals surface area contributed by atoms with Gasteiger partial charge in [0.25, 0.3) is 0 Å². The van der Waals surface area contributed by atoms with Crippen molar-refractivity contribution in [2.24, 2.45) is 0 Å². The summed E-state index contributed by atoms with van der Waals surface area (Å²) in [7, 11) is -3.59. The molecule has 1 aliphatic carbocycles. The molecule has 1 saturated carbocycles. The fourth-order valence-corrected chi connectivity index (χ4v) is 4.19. The first-order chi connectivity index (χ1) is 11.8. The molecule has 0 atom stereocenters. The summed E-state index contributed by atoms with van der Waals surface area (Å²) in [6.45, 7) is 5.98. The Balaban J connectivity index is 1.92. The zero-order chi connectivity index (χ0) is 18.4. The van der Waals surface area contributed by atoms with Crippen molar-refractivity contribution in [3.8, 4) is 5.75 Å². The normalized spacial score (nSPS) is 15.5. The van der Waals surface area contributed by atoms with Crippen LogP contribution in [0, 0.1) is 0 Å². The quantitative estimate of drug-likeness (QED) is 0.765. The van der Waals surface area contributed by atoms with Crippen molar-refractivity contribution in [1.82, 2.24) is 9.62 Å². The van der Waals surface area contributed by atoms with Gasteiger partial charge in [0.15, 0.2) is 0 Å². The third-order valence-corrected chi connectivity index (χ3v) is 5.80. The highest BCUT2D eigenvalue weighted by Crippen LogP contribution is 2.23. The minimum absolute atomic E-state index is 0.00119. The number of nitrogens with zero attached hydrogens (tertiary/aromatic N) is 1. The standard InChI is InChI=1S/C18H28N2O4S/c1-14(2)24-17-8-10-18(11-9-17)25(22,23)19-12-13-20(15(3)21)16-6-4-5-7-16/h8-11,14,16,19H,4-7,12-13H2,1-3H3. The van der Waals surface area contributed by atoms with E-state index in [1.165, 1.54) is 12.1 Å². The molecule has 0 spiro atoms. The monoisotopic (exact) mass is 368 g/mol. The maximum absolute atomic E-state index is 12.4. The van der Waals surface area contributed by atoms with Crippen molar-refractivity contribution < 1.29 is 17.9 Å². The maximum Gasteiger partial charge on any atom is 0.240 e. The molecular weight excluding hydrogens is 340 g/mol. The molecule has 7 heteroatoms. The van der Waals surface area contributed by atoms with Gasteiger partial charge in [0, 0.05) is 26.1 Å². The van der Waals surface area contributed by atoms with Crippen LogP contribution in [-0.2, 0) is 14.8 Å². The zero-order valence-electron chi connectivity index (χ0n) is 15.2. The first-order valence-corrected chi connectivity index (χ1v) is 10.3. The van der Waals surface area contributed by atoms with Crippen LogP contribution in [0.5, 0.6) is 5.75 Å². The highest BCUT2D eigenvalue weighted by atomic mass is 32.2. The van der Waals surface area contributed by atoms with Crippen molar-refractivity contribution in [2.45, 2.75) is 63.5 Å². The number of carbonyl (C=O) groups excluding carboxylic acids is 1. The van der Waals surface area contributed by atoms with Crippen molar-refractivity contribution in [1.29, 1.82) is 0 Å². The molecule has 0 unspecified atom stereocenters. The van der Waals surface area contributed by atoms with Crippen LogP contribution in [0.1, 0.15) is 46.5 Å². The first-order valence-electron chi connectivity index (χ1n) is 8.83. The molecule has 140 valence electrons. The fraction of sp³-hybridized carbons (Fsp3) is 0.611. The van der Waals surface area contributed by atoms with Crippen LogP contribution in [0.2, 0.25) is 0 Å². The van der Waals surface area contributed by atoms with Crippen LogP contribution >= 0.6 is 0 Å². The van der Waals surface area contributed by atoms with E-state index in [4.69, 9.17) is 4.74 Å². The second-order valence-corrected chi connectivity index (χ2v) is 8.45. The molecule has 6 nitrogen and oxygen atoms in total. The SMILES string of the molecule is CC(=O)N(CCNS(=O)(=O)c1ccc(OC(C)C)cc1)C1CCCC1. The highest BCUT2D eigenvalue weighted by molar-refractivity contribution is 7.89. The van der Waals surface area contributed by atoms with E-state index in [1.54, 1.807) is 24.0 Å². The van der Waals surface area contributed by atoms with E-state index in [9.17, 15) is 13.2 Å². The van der Waals surface area contributed by atoms with E-state index in [0.29, 0.717) is 12.3 Å². The first kappa shape index (κ1) is 19.7. The van der Waals surface area contributed by atoms with E-state index in [1.807, 2.05) is 13.8 Å². The van der Waals surface area contributed by atoms with Gasteiger partial charge in [-0.05, 0) is 51.0 Å². The summed E-state index contributed by atoms with van der Waals surface area (Å²) in [4.78, 5) is 13.8. The largest absolute Gasteiger partial charge is 0.491 e. The van der Waals surface area contributed by atoms with Gasteiger partial charge < -0.3 is 9.64 Å². The van der Waals surface area contributed by atoms with E-state index in [2.05, 4.69) is 4.72 Å². The van der Waals surface area contributed by atoms with Crippen LogP contribution in [0.3, 0.4) is 0 Å². The maximum atomic E-state index is 12.4. The van der Waals surface area contributed by atoms with Crippen LogP contribution in [0.25, 0.3) is 0 Å². The van der Waals surface area contributed by atoms with Gasteiger partial charge >= 0.3 is 0 Å². The van der Waals surface area contributed by atoms with E-state index in [-0.39, 0.29) is 29.5 Å². The minimum Gasteiger partial charge on any atom is -0.491 e. The van der Waals surface area contributed by atoms with Crippen LogP contribution in [-0.4, -0.2) is 44.5 Å². The smallest absolute Gasteiger partial charge is 0.240 e. The molecule has 1 amide bonds. The number of nitrogens with one attached hydrogen (secondary N) is 1. The summed E-state index contributed by atoms with van der Waals surface area (Å²) >= 11 is 0. The van der Waals surface area contributed by atoms with Crippen molar-refractivity contribution in [2.75, 3.05) is 13.1 Å². The van der Waals surface area contributed by atoms with Gasteiger partial charge in [0.2, 0.25) is 15.9 Å². The molecule has 2 rings (SSSR count). The molecule has 0 bridgehead atoms. The number of hydrogen-bond donors (Lipinski definition) is 1. The van der Waals surface area contributed by atoms with Crippen molar-refractivity contribution >= 4 is 15.9 Å². The molecule has 0 aromatic heterocycles. The Hall–Kier alpha value is -1.60. The van der Waals surface area contributed by atoms with Gasteiger partial charge in [-0.3, -0.25) is 4.79 Å². The molecule has 1 N–H and O–H groups in total. The Kier molecular flexibility index (Phi) is 6.84. The van der Waals surface area contributed by atoms with Gasteiger partial charge in [0.1, 0.15) is 5.75 Å². The Bertz CT molecular complexity index is 665. The lowest BCUT2D eigenvalue weighted by atomic mass is 10.2. The van der Waals surface area contributed by atoms with Gasteiger partial charge in [-0.2, -0.15) is 0 Å². The zero-order valence-corrected chi connectivity index (χ0v) is 16.0. The van der Waals surface area contributed by atoms with Crippen LogP contribution < -0.4 is 9.46 Å². The summed E-state index contributed by atoms with van der Waals surface area (Å²) < 4.78 is 32.9. The number of sulfonamides is 1. The molecule has 0 aliphatic heterocycles. The minimum atomic E-state index is -3.59. The van der Waals surface area contributed by atoms with Gasteiger partial charge in [0.05, 0.1) is 11.0 Å². The summed E-state index contributed by atoms with van der Waals surface area (Å²) in [5.41, 5.74) is 0. The molecule has 25 heavy (non-hydrogen) atoms. The molecule has 1 fully saturated rings. The summed E-state index contributed by atoms with van der Waals surface area (Å²) in [5, 5.41) is 0. The second-order valence-electron chi connectivity index (χ2n) is 6.69. The van der Waals surface area contributed by atoms with Gasteiger partial charge in [-0.1, -0.05) is 12.8 Å². The predicted molar refractivity (Wildman–Crippen MR) is 97.0 cm³/mol. The highest BCUT2D eigenvalue weighted by Gasteiger charge is 2.24. The number of benzene rings is 1. The van der Waals surface area contributed by atoms with Gasteiger partial charge in [-0.15, -0.1) is 0 Å². The molecule has 1 aromatic carbocycles. The van der Waals surface area contributed by atoms with E-state index < -0.39 is 10.0 Å². The molecule has 1 aromatic rings. The van der Waals surface area contributed by atoms with Crippen LogP contribution in [0.15, 0.2) is 29.2 Å². The third kappa shape index (κ3) is 5.71. The summed E-state index contributed by atoms with van der Waals surface area (Å²) in [5.74, 6) is 0.638. The number of amides is 1. The number of ether oxygens (including phenoxy) is 1. The summed E-state index contributed by atoms with van der Waals surface area (Å²) in [6, 6.07) is 6.60. The molecular formula is C18H28N2O4S.